The Morgan fingerprint density at radius 3 is 2.59 bits per heavy atom. The van der Waals surface area contributed by atoms with Gasteiger partial charge in [0.25, 0.3) is 0 Å². The summed E-state index contributed by atoms with van der Waals surface area (Å²) in [6.07, 6.45) is 6.67. The second-order valence-electron chi connectivity index (χ2n) is 8.13. The van der Waals surface area contributed by atoms with Gasteiger partial charge in [-0.15, -0.1) is 0 Å². The quantitative estimate of drug-likeness (QED) is 0.441. The van der Waals surface area contributed by atoms with E-state index in [1.54, 1.807) is 24.7 Å². The van der Waals surface area contributed by atoms with Crippen molar-refractivity contribution in [3.8, 4) is 0 Å². The first-order chi connectivity index (χ1) is 16.4. The van der Waals surface area contributed by atoms with Crippen LogP contribution in [0.2, 0.25) is 5.02 Å². The van der Waals surface area contributed by atoms with Crippen molar-refractivity contribution in [3.05, 3.63) is 83.9 Å². The van der Waals surface area contributed by atoms with Crippen LogP contribution in [0, 0.1) is 0 Å². The largest absolute Gasteiger partial charge is 0.448 e. The third-order valence-electron chi connectivity index (χ3n) is 5.84. The molecule has 180 valence electrons. The number of nitrogens with zero attached hydrogens (tertiary/aromatic N) is 3. The Kier molecular flexibility index (Phi) is 7.87. The van der Waals surface area contributed by atoms with Gasteiger partial charge in [0.1, 0.15) is 6.61 Å². The summed E-state index contributed by atoms with van der Waals surface area (Å²) in [6.45, 7) is 1.15. The lowest BCUT2D eigenvalue weighted by atomic mass is 10.1. The molecule has 0 unspecified atom stereocenters. The topological polar surface area (TPSA) is 93.5 Å². The van der Waals surface area contributed by atoms with E-state index >= 15 is 0 Å². The van der Waals surface area contributed by atoms with Crippen molar-refractivity contribution in [3.63, 3.8) is 0 Å². The molecule has 1 aliphatic rings. The fraction of sp³-hybridized carbons (Fsp3) is 0.333. The van der Waals surface area contributed by atoms with Crippen LogP contribution in [-0.2, 0) is 21.3 Å². The van der Waals surface area contributed by atoms with Crippen LogP contribution in [-0.4, -0.2) is 47.6 Å². The van der Waals surface area contributed by atoms with E-state index in [-0.39, 0.29) is 17.5 Å². The number of carbonyl (C=O) groups excluding carboxylic acids is 1. The molecule has 8 nitrogen and oxygen atoms in total. The minimum absolute atomic E-state index is 0.0243. The van der Waals surface area contributed by atoms with Crippen molar-refractivity contribution >= 4 is 27.7 Å². The predicted molar refractivity (Wildman–Crippen MR) is 129 cm³/mol. The highest BCUT2D eigenvalue weighted by Gasteiger charge is 2.43. The van der Waals surface area contributed by atoms with E-state index in [1.807, 2.05) is 41.1 Å². The summed E-state index contributed by atoms with van der Waals surface area (Å²) in [4.78, 5) is 16.4. The first kappa shape index (κ1) is 24.3. The number of aryl methyl sites for hydroxylation is 1. The molecule has 1 aromatic heterocycles. The summed E-state index contributed by atoms with van der Waals surface area (Å²) in [5, 5.41) is 3.19. The molecule has 2 aromatic carbocycles. The number of hydrogen-bond donors (Lipinski definition) is 1. The van der Waals surface area contributed by atoms with Gasteiger partial charge in [-0.3, -0.25) is 0 Å². The molecule has 1 fully saturated rings. The van der Waals surface area contributed by atoms with Crippen molar-refractivity contribution < 1.29 is 17.9 Å². The van der Waals surface area contributed by atoms with Crippen LogP contribution in [0.1, 0.15) is 30.9 Å². The van der Waals surface area contributed by atoms with E-state index in [0.29, 0.717) is 24.4 Å². The highest BCUT2D eigenvalue weighted by molar-refractivity contribution is 7.89. The lowest BCUT2D eigenvalue weighted by Gasteiger charge is -2.29. The Morgan fingerprint density at radius 2 is 1.88 bits per heavy atom. The van der Waals surface area contributed by atoms with Crippen molar-refractivity contribution in [2.45, 2.75) is 42.8 Å². The zero-order valence-electron chi connectivity index (χ0n) is 18.6. The van der Waals surface area contributed by atoms with E-state index in [2.05, 4.69) is 10.3 Å². The summed E-state index contributed by atoms with van der Waals surface area (Å²) >= 11 is 5.96. The molecule has 10 heteroatoms. The summed E-state index contributed by atoms with van der Waals surface area (Å²) in [5.74, 6) is 0. The van der Waals surface area contributed by atoms with Crippen molar-refractivity contribution in [2.24, 2.45) is 0 Å². The minimum atomic E-state index is -3.84. The molecular formula is C24H27ClN4O4S. The second-order valence-corrected chi connectivity index (χ2v) is 10.4. The fourth-order valence-electron chi connectivity index (χ4n) is 4.19. The van der Waals surface area contributed by atoms with Gasteiger partial charge in [0.2, 0.25) is 10.0 Å². The Balaban J connectivity index is 1.42. The van der Waals surface area contributed by atoms with Gasteiger partial charge in [-0.1, -0.05) is 41.9 Å². The normalized spacial score (nSPS) is 18.6. The Hall–Kier alpha value is -2.88. The summed E-state index contributed by atoms with van der Waals surface area (Å²) < 4.78 is 36.1. The van der Waals surface area contributed by atoms with E-state index in [9.17, 15) is 13.2 Å². The Morgan fingerprint density at radius 1 is 1.12 bits per heavy atom. The number of imidazole rings is 1. The third-order valence-corrected chi connectivity index (χ3v) is 8.07. The number of hydrogen-bond acceptors (Lipinski definition) is 5. The van der Waals surface area contributed by atoms with Crippen LogP contribution in [0.5, 0.6) is 0 Å². The minimum Gasteiger partial charge on any atom is -0.448 e. The van der Waals surface area contributed by atoms with Gasteiger partial charge in [0, 0.05) is 30.5 Å². The van der Waals surface area contributed by atoms with Gasteiger partial charge < -0.3 is 14.6 Å². The summed E-state index contributed by atoms with van der Waals surface area (Å²) in [6, 6.07) is 14.8. The Labute approximate surface area is 204 Å². The third kappa shape index (κ3) is 5.78. The van der Waals surface area contributed by atoms with E-state index < -0.39 is 22.2 Å². The van der Waals surface area contributed by atoms with Crippen LogP contribution in [0.25, 0.3) is 0 Å². The van der Waals surface area contributed by atoms with Gasteiger partial charge in [0.15, 0.2) is 0 Å². The average molecular weight is 503 g/mol. The number of rotatable bonds is 9. The number of aromatic nitrogens is 2. The lowest BCUT2D eigenvalue weighted by molar-refractivity contribution is 0.121. The van der Waals surface area contributed by atoms with E-state index in [0.717, 1.165) is 18.5 Å². The monoisotopic (exact) mass is 502 g/mol. The number of carbonyl (C=O) groups is 1. The highest BCUT2D eigenvalue weighted by atomic mass is 35.5. The molecule has 3 aromatic rings. The maximum Gasteiger partial charge on any atom is 0.407 e. The zero-order chi connectivity index (χ0) is 24.0. The van der Waals surface area contributed by atoms with Gasteiger partial charge in [0.05, 0.1) is 23.3 Å². The first-order valence-electron chi connectivity index (χ1n) is 11.2. The lowest BCUT2D eigenvalue weighted by Crippen LogP contribution is -2.41. The van der Waals surface area contributed by atoms with E-state index in [4.69, 9.17) is 16.3 Å². The van der Waals surface area contributed by atoms with E-state index in [1.165, 1.54) is 16.4 Å². The van der Waals surface area contributed by atoms with Crippen LogP contribution >= 0.6 is 11.6 Å². The van der Waals surface area contributed by atoms with Crippen LogP contribution in [0.3, 0.4) is 0 Å². The second kappa shape index (κ2) is 11.0. The van der Waals surface area contributed by atoms with Gasteiger partial charge in [-0.05, 0) is 49.1 Å². The number of halogens is 1. The average Bonchev–Trinajstić information content (AvgIpc) is 3.52. The zero-order valence-corrected chi connectivity index (χ0v) is 20.2. The van der Waals surface area contributed by atoms with Crippen LogP contribution in [0.15, 0.2) is 78.2 Å². The summed E-state index contributed by atoms with van der Waals surface area (Å²) in [5.41, 5.74) is 0.909. The number of sulfonamides is 1. The number of ether oxygens (including phenoxy) is 1. The first-order valence-corrected chi connectivity index (χ1v) is 13.0. The van der Waals surface area contributed by atoms with Gasteiger partial charge >= 0.3 is 6.09 Å². The number of benzene rings is 2. The van der Waals surface area contributed by atoms with Gasteiger partial charge in [-0.25, -0.2) is 18.2 Å². The van der Waals surface area contributed by atoms with Gasteiger partial charge in [-0.2, -0.15) is 4.31 Å². The number of alkyl carbamates (subject to hydrolysis) is 1. The number of amides is 1. The molecule has 0 bridgehead atoms. The molecule has 1 saturated heterocycles. The number of nitrogens with one attached hydrogen (secondary N) is 1. The SMILES string of the molecule is O=C(NCCCn1ccnc1)OC[C@H]1CC[C@@H](c2ccccc2)N1S(=O)(=O)c1ccc(Cl)cc1. The molecule has 2 atom stereocenters. The van der Waals surface area contributed by atoms with Crippen LogP contribution < -0.4 is 5.32 Å². The fourth-order valence-corrected chi connectivity index (χ4v) is 6.16. The highest BCUT2D eigenvalue weighted by Crippen LogP contribution is 2.40. The molecule has 0 saturated carbocycles. The molecule has 1 aliphatic heterocycles. The smallest absolute Gasteiger partial charge is 0.407 e. The molecule has 1 amide bonds. The molecular weight excluding hydrogens is 476 g/mol. The molecule has 34 heavy (non-hydrogen) atoms. The molecule has 1 N–H and O–H groups in total. The molecule has 4 rings (SSSR count). The standard InChI is InChI=1S/C24H27ClN4O4S/c25-20-7-10-22(11-8-20)34(31,32)29-21(9-12-23(29)19-5-2-1-3-6-19)17-33-24(30)27-13-4-15-28-16-14-26-18-28/h1-3,5-8,10-11,14,16,18,21,23H,4,9,12-13,15,17H2,(H,27,30)/t21-,23+/m1/s1. The molecule has 0 radical (unpaired) electrons. The Bertz CT molecular complexity index is 1170. The van der Waals surface area contributed by atoms with Crippen molar-refractivity contribution in [2.75, 3.05) is 13.2 Å². The summed E-state index contributed by atoms with van der Waals surface area (Å²) in [7, 11) is -3.84. The van der Waals surface area contributed by atoms with Crippen molar-refractivity contribution in [1.82, 2.24) is 19.2 Å². The predicted octanol–water partition coefficient (Wildman–Crippen LogP) is 4.25. The van der Waals surface area contributed by atoms with Crippen LogP contribution in [0.4, 0.5) is 4.79 Å². The molecule has 0 aliphatic carbocycles. The molecule has 2 heterocycles. The van der Waals surface area contributed by atoms with Crippen molar-refractivity contribution in [1.29, 1.82) is 0 Å². The maximum absolute atomic E-state index is 13.6. The maximum atomic E-state index is 13.6. The molecule has 0 spiro atoms.